The van der Waals surface area contributed by atoms with Gasteiger partial charge in [0.05, 0.1) is 0 Å². The third kappa shape index (κ3) is 3.69. The Labute approximate surface area is 112 Å². The summed E-state index contributed by atoms with van der Waals surface area (Å²) in [5, 5.41) is 3.33. The molecular formula is C15H17N3O. The van der Waals surface area contributed by atoms with Crippen molar-refractivity contribution < 1.29 is 4.79 Å². The van der Waals surface area contributed by atoms with Crippen LogP contribution in [0.2, 0.25) is 0 Å². The number of carbonyl (C=O) groups is 1. The Morgan fingerprint density at radius 1 is 1.21 bits per heavy atom. The van der Waals surface area contributed by atoms with Gasteiger partial charge in [0.25, 0.3) is 0 Å². The summed E-state index contributed by atoms with van der Waals surface area (Å²) in [6.07, 6.45) is 7.19. The Bertz CT molecular complexity index is 513. The monoisotopic (exact) mass is 255 g/mol. The van der Waals surface area contributed by atoms with Crippen molar-refractivity contribution in [2.24, 2.45) is 0 Å². The number of hydrogen-bond donors (Lipinski definition) is 1. The van der Waals surface area contributed by atoms with Crippen molar-refractivity contribution in [1.29, 1.82) is 0 Å². The van der Waals surface area contributed by atoms with Crippen LogP contribution in [0.15, 0.2) is 49.1 Å². The van der Waals surface area contributed by atoms with Gasteiger partial charge in [-0.25, -0.2) is 0 Å². The quantitative estimate of drug-likeness (QED) is 0.805. The molecule has 0 aliphatic rings. The van der Waals surface area contributed by atoms with E-state index in [1.165, 1.54) is 0 Å². The SMILES string of the molecule is CCNC(CC(=O)c1cccnc1)c1ccncc1. The molecule has 0 aromatic carbocycles. The summed E-state index contributed by atoms with van der Waals surface area (Å²) < 4.78 is 0. The molecule has 2 aromatic rings. The maximum atomic E-state index is 12.2. The number of nitrogens with one attached hydrogen (secondary N) is 1. The fraction of sp³-hybridized carbons (Fsp3) is 0.267. The lowest BCUT2D eigenvalue weighted by Crippen LogP contribution is -2.23. The maximum absolute atomic E-state index is 12.2. The van der Waals surface area contributed by atoms with Crippen molar-refractivity contribution in [1.82, 2.24) is 15.3 Å². The zero-order chi connectivity index (χ0) is 13.5. The van der Waals surface area contributed by atoms with E-state index in [1.54, 1.807) is 36.9 Å². The van der Waals surface area contributed by atoms with Gasteiger partial charge in [-0.3, -0.25) is 14.8 Å². The average molecular weight is 255 g/mol. The molecule has 0 saturated carbocycles. The van der Waals surface area contributed by atoms with Gasteiger partial charge in [0, 0.05) is 42.8 Å². The van der Waals surface area contributed by atoms with Crippen molar-refractivity contribution in [3.05, 3.63) is 60.2 Å². The summed E-state index contributed by atoms with van der Waals surface area (Å²) in [5.41, 5.74) is 1.73. The summed E-state index contributed by atoms with van der Waals surface area (Å²) in [5.74, 6) is 0.0934. The predicted molar refractivity (Wildman–Crippen MR) is 73.8 cm³/mol. The topological polar surface area (TPSA) is 54.9 Å². The summed E-state index contributed by atoms with van der Waals surface area (Å²) in [6, 6.07) is 7.46. The van der Waals surface area contributed by atoms with Gasteiger partial charge >= 0.3 is 0 Å². The number of hydrogen-bond acceptors (Lipinski definition) is 4. The number of aromatic nitrogens is 2. The second-order valence-electron chi connectivity index (χ2n) is 4.26. The van der Waals surface area contributed by atoms with E-state index < -0.39 is 0 Å². The third-order valence-corrected chi connectivity index (χ3v) is 2.93. The minimum atomic E-state index is 0.0145. The second-order valence-corrected chi connectivity index (χ2v) is 4.26. The van der Waals surface area contributed by atoms with E-state index in [2.05, 4.69) is 15.3 Å². The molecule has 0 aliphatic heterocycles. The molecular weight excluding hydrogens is 238 g/mol. The molecule has 2 aromatic heterocycles. The number of nitrogens with zero attached hydrogens (tertiary/aromatic N) is 2. The van der Waals surface area contributed by atoms with Crippen LogP contribution >= 0.6 is 0 Å². The minimum absolute atomic E-state index is 0.0145. The largest absolute Gasteiger partial charge is 0.310 e. The normalized spacial score (nSPS) is 12.1. The number of Topliss-reactive ketones (excluding diaryl/α,β-unsaturated/α-hetero) is 1. The first-order valence-electron chi connectivity index (χ1n) is 6.37. The molecule has 1 N–H and O–H groups in total. The van der Waals surface area contributed by atoms with Gasteiger partial charge < -0.3 is 5.32 Å². The lowest BCUT2D eigenvalue weighted by atomic mass is 9.99. The molecule has 1 unspecified atom stereocenters. The molecule has 0 spiro atoms. The lowest BCUT2D eigenvalue weighted by molar-refractivity contribution is 0.0968. The molecule has 0 radical (unpaired) electrons. The van der Waals surface area contributed by atoms with Crippen molar-refractivity contribution in [3.8, 4) is 0 Å². The molecule has 1 atom stereocenters. The smallest absolute Gasteiger partial charge is 0.166 e. The summed E-state index contributed by atoms with van der Waals surface area (Å²) >= 11 is 0. The molecule has 98 valence electrons. The van der Waals surface area contributed by atoms with Crippen molar-refractivity contribution in [2.75, 3.05) is 6.54 Å². The molecule has 0 saturated heterocycles. The lowest BCUT2D eigenvalue weighted by Gasteiger charge is -2.17. The summed E-state index contributed by atoms with van der Waals surface area (Å²) in [7, 11) is 0. The van der Waals surface area contributed by atoms with Gasteiger partial charge in [-0.2, -0.15) is 0 Å². The Balaban J connectivity index is 2.11. The van der Waals surface area contributed by atoms with Crippen LogP contribution in [-0.4, -0.2) is 22.3 Å². The van der Waals surface area contributed by atoms with E-state index in [9.17, 15) is 4.79 Å². The molecule has 2 heterocycles. The number of pyridine rings is 2. The van der Waals surface area contributed by atoms with E-state index in [4.69, 9.17) is 0 Å². The Hall–Kier alpha value is -2.07. The minimum Gasteiger partial charge on any atom is -0.310 e. The molecule has 0 amide bonds. The maximum Gasteiger partial charge on any atom is 0.166 e. The zero-order valence-electron chi connectivity index (χ0n) is 10.9. The molecule has 2 rings (SSSR count). The first-order chi connectivity index (χ1) is 9.31. The molecule has 0 fully saturated rings. The third-order valence-electron chi connectivity index (χ3n) is 2.93. The first-order valence-corrected chi connectivity index (χ1v) is 6.37. The fourth-order valence-electron chi connectivity index (χ4n) is 1.98. The summed E-state index contributed by atoms with van der Waals surface area (Å²) in [4.78, 5) is 20.2. The van der Waals surface area contributed by atoms with Crippen molar-refractivity contribution in [2.45, 2.75) is 19.4 Å². The molecule has 4 heteroatoms. The highest BCUT2D eigenvalue weighted by Gasteiger charge is 2.16. The van der Waals surface area contributed by atoms with Gasteiger partial charge in [-0.05, 0) is 36.4 Å². The molecule has 0 bridgehead atoms. The van der Waals surface area contributed by atoms with Crippen molar-refractivity contribution >= 4 is 5.78 Å². The van der Waals surface area contributed by atoms with Crippen LogP contribution in [0.3, 0.4) is 0 Å². The highest BCUT2D eigenvalue weighted by Crippen LogP contribution is 2.18. The predicted octanol–water partition coefficient (Wildman–Crippen LogP) is 2.40. The van der Waals surface area contributed by atoms with Gasteiger partial charge in [-0.1, -0.05) is 6.92 Å². The van der Waals surface area contributed by atoms with Crippen molar-refractivity contribution in [3.63, 3.8) is 0 Å². The summed E-state index contributed by atoms with van der Waals surface area (Å²) in [6.45, 7) is 2.84. The Morgan fingerprint density at radius 3 is 2.63 bits per heavy atom. The highest BCUT2D eigenvalue weighted by atomic mass is 16.1. The standard InChI is InChI=1S/C15H17N3O/c1-2-18-14(12-5-8-16-9-6-12)10-15(19)13-4-3-7-17-11-13/h3-9,11,14,18H,2,10H2,1H3. The van der Waals surface area contributed by atoms with Crippen LogP contribution in [0, 0.1) is 0 Å². The number of ketones is 1. The van der Waals surface area contributed by atoms with E-state index in [0.29, 0.717) is 12.0 Å². The van der Waals surface area contributed by atoms with Gasteiger partial charge in [0.2, 0.25) is 0 Å². The van der Waals surface area contributed by atoms with Crippen LogP contribution in [0.25, 0.3) is 0 Å². The van der Waals surface area contributed by atoms with Crippen LogP contribution in [-0.2, 0) is 0 Å². The van der Waals surface area contributed by atoms with Crippen LogP contribution in [0.5, 0.6) is 0 Å². The average Bonchev–Trinajstić information content (AvgIpc) is 2.48. The molecule has 0 aliphatic carbocycles. The molecule has 19 heavy (non-hydrogen) atoms. The van der Waals surface area contributed by atoms with Gasteiger partial charge in [0.15, 0.2) is 5.78 Å². The second kappa shape index (κ2) is 6.75. The van der Waals surface area contributed by atoms with Crippen LogP contribution in [0.1, 0.15) is 35.3 Å². The first kappa shape index (κ1) is 13.4. The highest BCUT2D eigenvalue weighted by molar-refractivity contribution is 5.96. The Morgan fingerprint density at radius 2 is 2.00 bits per heavy atom. The van der Waals surface area contributed by atoms with Crippen LogP contribution in [0.4, 0.5) is 0 Å². The van der Waals surface area contributed by atoms with E-state index in [1.807, 2.05) is 19.1 Å². The van der Waals surface area contributed by atoms with Crippen LogP contribution < -0.4 is 5.32 Å². The van der Waals surface area contributed by atoms with E-state index in [-0.39, 0.29) is 11.8 Å². The zero-order valence-corrected chi connectivity index (χ0v) is 10.9. The number of rotatable bonds is 6. The fourth-order valence-corrected chi connectivity index (χ4v) is 1.98. The van der Waals surface area contributed by atoms with E-state index >= 15 is 0 Å². The van der Waals surface area contributed by atoms with Gasteiger partial charge in [0.1, 0.15) is 0 Å². The molecule has 4 nitrogen and oxygen atoms in total. The van der Waals surface area contributed by atoms with E-state index in [0.717, 1.165) is 12.1 Å². The Kier molecular flexibility index (Phi) is 4.75. The number of carbonyl (C=O) groups excluding carboxylic acids is 1. The van der Waals surface area contributed by atoms with Gasteiger partial charge in [-0.15, -0.1) is 0 Å².